The molecule has 0 spiro atoms. The second-order valence-corrected chi connectivity index (χ2v) is 8.99. The topological polar surface area (TPSA) is 100 Å². The highest BCUT2D eigenvalue weighted by atomic mass is 16.5. The number of ether oxygens (including phenoxy) is 2. The molecule has 0 aromatic heterocycles. The van der Waals surface area contributed by atoms with Crippen LogP contribution >= 0.6 is 0 Å². The van der Waals surface area contributed by atoms with E-state index in [1.807, 2.05) is 27.7 Å². The first kappa shape index (κ1) is 27.4. The molecular formula is C25H40N4O5. The zero-order valence-electron chi connectivity index (χ0n) is 21.3. The third-order valence-corrected chi connectivity index (χ3v) is 5.99. The Morgan fingerprint density at radius 1 is 1.18 bits per heavy atom. The molecule has 190 valence electrons. The van der Waals surface area contributed by atoms with E-state index in [9.17, 15) is 14.4 Å². The van der Waals surface area contributed by atoms with Crippen LogP contribution in [0.5, 0.6) is 5.75 Å². The maximum atomic E-state index is 13.3. The van der Waals surface area contributed by atoms with E-state index in [0.29, 0.717) is 43.1 Å². The summed E-state index contributed by atoms with van der Waals surface area (Å²) in [4.78, 5) is 41.6. The highest BCUT2D eigenvalue weighted by Gasteiger charge is 2.30. The standard InChI is InChI=1S/C25H40N4O5/c1-7-9-23(30)27-19-10-11-20-21(13-19)34-16-18(4)29(25(32)26-12-8-2)14-17(3)22(33-6)15-28(5)24(20)31/h10-11,13,17-18,22H,7-9,12,14-16H2,1-6H3,(H,26,32)(H,27,30)/t17-,18-,22+/m0/s1. The largest absolute Gasteiger partial charge is 0.491 e. The van der Waals surface area contributed by atoms with Crippen molar-refractivity contribution in [2.45, 2.75) is 59.1 Å². The Bertz CT molecular complexity index is 847. The van der Waals surface area contributed by atoms with E-state index < -0.39 is 0 Å². The van der Waals surface area contributed by atoms with Gasteiger partial charge in [-0.3, -0.25) is 9.59 Å². The molecule has 1 heterocycles. The van der Waals surface area contributed by atoms with Gasteiger partial charge in [-0.1, -0.05) is 20.8 Å². The summed E-state index contributed by atoms with van der Waals surface area (Å²) >= 11 is 0. The number of rotatable bonds is 6. The van der Waals surface area contributed by atoms with Crippen LogP contribution < -0.4 is 15.4 Å². The molecule has 0 saturated heterocycles. The van der Waals surface area contributed by atoms with Crippen LogP contribution in [0, 0.1) is 5.92 Å². The van der Waals surface area contributed by atoms with E-state index in [0.717, 1.165) is 12.8 Å². The molecule has 2 rings (SSSR count). The summed E-state index contributed by atoms with van der Waals surface area (Å²) in [5.74, 6) is 0.0733. The molecule has 0 fully saturated rings. The van der Waals surface area contributed by atoms with Gasteiger partial charge in [-0.25, -0.2) is 4.79 Å². The van der Waals surface area contributed by atoms with Crippen LogP contribution in [-0.2, 0) is 9.53 Å². The van der Waals surface area contributed by atoms with E-state index in [1.165, 1.54) is 0 Å². The van der Waals surface area contributed by atoms with Crippen molar-refractivity contribution in [3.63, 3.8) is 0 Å². The lowest BCUT2D eigenvalue weighted by molar-refractivity contribution is -0.116. The van der Waals surface area contributed by atoms with Crippen LogP contribution in [0.15, 0.2) is 18.2 Å². The molecular weight excluding hydrogens is 436 g/mol. The normalized spacial score (nSPS) is 21.6. The lowest BCUT2D eigenvalue weighted by atomic mass is 10.0. The number of hydrogen-bond acceptors (Lipinski definition) is 5. The average Bonchev–Trinajstić information content (AvgIpc) is 2.81. The molecule has 0 aliphatic carbocycles. The fourth-order valence-electron chi connectivity index (χ4n) is 3.92. The molecule has 1 aromatic carbocycles. The summed E-state index contributed by atoms with van der Waals surface area (Å²) in [6.07, 6.45) is 1.74. The van der Waals surface area contributed by atoms with Crippen molar-refractivity contribution in [2.75, 3.05) is 45.7 Å². The Morgan fingerprint density at radius 3 is 2.56 bits per heavy atom. The van der Waals surface area contributed by atoms with Gasteiger partial charge in [0.1, 0.15) is 12.4 Å². The van der Waals surface area contributed by atoms with Crippen molar-refractivity contribution < 1.29 is 23.9 Å². The molecule has 1 aliphatic heterocycles. The number of methoxy groups -OCH3 is 1. The summed E-state index contributed by atoms with van der Waals surface area (Å²) < 4.78 is 11.8. The molecule has 34 heavy (non-hydrogen) atoms. The van der Waals surface area contributed by atoms with E-state index in [1.54, 1.807) is 42.2 Å². The Morgan fingerprint density at radius 2 is 1.91 bits per heavy atom. The summed E-state index contributed by atoms with van der Waals surface area (Å²) in [6.45, 7) is 9.50. The number of fused-ring (bicyclic) bond motifs is 1. The lowest BCUT2D eigenvalue weighted by Crippen LogP contribution is -2.51. The van der Waals surface area contributed by atoms with E-state index in [-0.39, 0.29) is 42.5 Å². The Kier molecular flexibility index (Phi) is 10.6. The zero-order chi connectivity index (χ0) is 25.3. The van der Waals surface area contributed by atoms with Gasteiger partial charge >= 0.3 is 6.03 Å². The molecule has 0 saturated carbocycles. The number of benzene rings is 1. The van der Waals surface area contributed by atoms with Gasteiger partial charge in [-0.2, -0.15) is 0 Å². The fraction of sp³-hybridized carbons (Fsp3) is 0.640. The van der Waals surface area contributed by atoms with Crippen molar-refractivity contribution in [3.8, 4) is 5.75 Å². The first-order valence-corrected chi connectivity index (χ1v) is 12.1. The number of likely N-dealkylation sites (N-methyl/N-ethyl adjacent to an activating group) is 1. The number of carbonyl (C=O) groups excluding carboxylic acids is 3. The highest BCUT2D eigenvalue weighted by Crippen LogP contribution is 2.27. The Balaban J connectivity index is 2.40. The molecule has 3 atom stereocenters. The molecule has 1 aromatic rings. The minimum absolute atomic E-state index is 0.00914. The number of carbonyl (C=O) groups is 3. The SMILES string of the molecule is CCCNC(=O)N1C[C@H](C)[C@H](OC)CN(C)C(=O)c2ccc(NC(=O)CCC)cc2OC[C@@H]1C. The van der Waals surface area contributed by atoms with Crippen LogP contribution in [0.3, 0.4) is 0 Å². The second kappa shape index (κ2) is 13.2. The maximum absolute atomic E-state index is 13.3. The number of amides is 4. The minimum atomic E-state index is -0.254. The van der Waals surface area contributed by atoms with Gasteiger partial charge in [0.2, 0.25) is 5.91 Å². The van der Waals surface area contributed by atoms with Crippen molar-refractivity contribution in [2.24, 2.45) is 5.92 Å². The average molecular weight is 477 g/mol. The van der Waals surface area contributed by atoms with Crippen molar-refractivity contribution in [1.29, 1.82) is 0 Å². The zero-order valence-corrected chi connectivity index (χ0v) is 21.3. The van der Waals surface area contributed by atoms with Crippen LogP contribution in [0.25, 0.3) is 0 Å². The Labute approximate surface area is 203 Å². The molecule has 9 nitrogen and oxygen atoms in total. The minimum Gasteiger partial charge on any atom is -0.491 e. The summed E-state index contributed by atoms with van der Waals surface area (Å²) in [7, 11) is 3.35. The van der Waals surface area contributed by atoms with Crippen LogP contribution in [0.2, 0.25) is 0 Å². The van der Waals surface area contributed by atoms with E-state index in [4.69, 9.17) is 9.47 Å². The molecule has 0 bridgehead atoms. The van der Waals surface area contributed by atoms with Gasteiger partial charge in [-0.15, -0.1) is 0 Å². The van der Waals surface area contributed by atoms with Crippen LogP contribution in [-0.4, -0.2) is 80.2 Å². The summed E-state index contributed by atoms with van der Waals surface area (Å²) in [5.41, 5.74) is 0.960. The number of urea groups is 1. The fourth-order valence-corrected chi connectivity index (χ4v) is 3.92. The quantitative estimate of drug-likeness (QED) is 0.656. The van der Waals surface area contributed by atoms with Crippen molar-refractivity contribution in [1.82, 2.24) is 15.1 Å². The molecule has 4 amide bonds. The first-order chi connectivity index (χ1) is 16.2. The molecule has 0 unspecified atom stereocenters. The Hall–Kier alpha value is -2.81. The smallest absolute Gasteiger partial charge is 0.317 e. The maximum Gasteiger partial charge on any atom is 0.317 e. The van der Waals surface area contributed by atoms with Gasteiger partial charge in [-0.05, 0) is 31.9 Å². The molecule has 1 aliphatic rings. The summed E-state index contributed by atoms with van der Waals surface area (Å²) in [6, 6.07) is 4.64. The van der Waals surface area contributed by atoms with Crippen LogP contribution in [0.1, 0.15) is 57.3 Å². The van der Waals surface area contributed by atoms with Crippen LogP contribution in [0.4, 0.5) is 10.5 Å². The number of nitrogens with zero attached hydrogens (tertiary/aromatic N) is 2. The number of hydrogen-bond donors (Lipinski definition) is 2. The van der Waals surface area contributed by atoms with Gasteiger partial charge in [0.15, 0.2) is 0 Å². The number of anilines is 1. The first-order valence-electron chi connectivity index (χ1n) is 12.1. The predicted octanol–water partition coefficient (Wildman–Crippen LogP) is 3.35. The third kappa shape index (κ3) is 7.35. The van der Waals surface area contributed by atoms with Gasteiger partial charge in [0.25, 0.3) is 5.91 Å². The highest BCUT2D eigenvalue weighted by molar-refractivity contribution is 5.98. The van der Waals surface area contributed by atoms with Gasteiger partial charge in [0.05, 0.1) is 17.7 Å². The van der Waals surface area contributed by atoms with Crippen molar-refractivity contribution in [3.05, 3.63) is 23.8 Å². The summed E-state index contributed by atoms with van der Waals surface area (Å²) in [5, 5.41) is 5.80. The molecule has 0 radical (unpaired) electrons. The third-order valence-electron chi connectivity index (χ3n) is 5.99. The van der Waals surface area contributed by atoms with Gasteiger partial charge in [0, 0.05) is 57.9 Å². The van der Waals surface area contributed by atoms with E-state index in [2.05, 4.69) is 10.6 Å². The molecule has 9 heteroatoms. The predicted molar refractivity (Wildman–Crippen MR) is 132 cm³/mol. The molecule has 2 N–H and O–H groups in total. The second-order valence-electron chi connectivity index (χ2n) is 8.99. The van der Waals surface area contributed by atoms with E-state index >= 15 is 0 Å². The monoisotopic (exact) mass is 476 g/mol. The van der Waals surface area contributed by atoms with Crippen molar-refractivity contribution >= 4 is 23.5 Å². The van der Waals surface area contributed by atoms with Gasteiger partial charge < -0.3 is 29.9 Å². The number of nitrogens with one attached hydrogen (secondary N) is 2. The lowest BCUT2D eigenvalue weighted by Gasteiger charge is -2.36.